The monoisotopic (exact) mass is 260 g/mol. The molecule has 7 heteroatoms. The number of sulfonamides is 1. The van der Waals surface area contributed by atoms with E-state index in [1.54, 1.807) is 0 Å². The molecule has 1 saturated carbocycles. The van der Waals surface area contributed by atoms with E-state index in [1.807, 2.05) is 6.92 Å². The predicted molar refractivity (Wildman–Crippen MR) is 60.5 cm³/mol. The van der Waals surface area contributed by atoms with Crippen molar-refractivity contribution in [3.63, 3.8) is 0 Å². The number of hydrogen-bond acceptors (Lipinski definition) is 4. The zero-order valence-electron chi connectivity index (χ0n) is 9.64. The lowest BCUT2D eigenvalue weighted by molar-refractivity contribution is -0.145. The molecule has 0 aromatic heterocycles. The summed E-state index contributed by atoms with van der Waals surface area (Å²) in [4.78, 5) is 11.3. The maximum Gasteiger partial charge on any atom is 0.324 e. The van der Waals surface area contributed by atoms with Crippen LogP contribution in [-0.2, 0) is 14.8 Å². The molecule has 0 aromatic rings. The highest BCUT2D eigenvalue weighted by atomic mass is 32.2. The van der Waals surface area contributed by atoms with Crippen molar-refractivity contribution in [1.82, 2.24) is 4.72 Å². The van der Waals surface area contributed by atoms with E-state index in [-0.39, 0.29) is 12.8 Å². The summed E-state index contributed by atoms with van der Waals surface area (Å²) in [6, 6.07) is 1.52. The van der Waals surface area contributed by atoms with Gasteiger partial charge in [-0.25, -0.2) is 8.42 Å². The number of carboxylic acid groups (broad SMARTS) is 1. The Balaban J connectivity index is 2.88. The van der Waals surface area contributed by atoms with Crippen molar-refractivity contribution in [1.29, 1.82) is 5.26 Å². The van der Waals surface area contributed by atoms with Gasteiger partial charge in [0.1, 0.15) is 5.54 Å². The quantitative estimate of drug-likeness (QED) is 0.763. The lowest BCUT2D eigenvalue weighted by Crippen LogP contribution is -2.56. The summed E-state index contributed by atoms with van der Waals surface area (Å²) in [5, 5.41) is 17.6. The van der Waals surface area contributed by atoms with Crippen LogP contribution >= 0.6 is 0 Å². The minimum Gasteiger partial charge on any atom is -0.480 e. The van der Waals surface area contributed by atoms with Gasteiger partial charge in [-0.05, 0) is 31.6 Å². The molecule has 1 aliphatic rings. The second kappa shape index (κ2) is 5.02. The van der Waals surface area contributed by atoms with Gasteiger partial charge in [-0.3, -0.25) is 4.79 Å². The van der Waals surface area contributed by atoms with E-state index in [2.05, 4.69) is 4.72 Å². The first-order valence-corrected chi connectivity index (χ1v) is 7.08. The molecule has 1 fully saturated rings. The molecule has 0 aromatic carbocycles. The maximum atomic E-state index is 11.5. The lowest BCUT2D eigenvalue weighted by Gasteiger charge is -2.35. The molecule has 0 radical (unpaired) electrons. The van der Waals surface area contributed by atoms with Crippen LogP contribution in [0.5, 0.6) is 0 Å². The molecular formula is C10H16N2O4S. The Hall–Kier alpha value is -1.13. The van der Waals surface area contributed by atoms with Gasteiger partial charge in [-0.2, -0.15) is 9.98 Å². The molecule has 0 aliphatic heterocycles. The maximum absolute atomic E-state index is 11.5. The van der Waals surface area contributed by atoms with Gasteiger partial charge in [0.2, 0.25) is 10.0 Å². The zero-order valence-corrected chi connectivity index (χ0v) is 10.5. The van der Waals surface area contributed by atoms with Crippen molar-refractivity contribution in [2.75, 3.05) is 5.75 Å². The average molecular weight is 260 g/mol. The normalized spacial score (nSPS) is 29.5. The Morgan fingerprint density at radius 3 is 2.47 bits per heavy atom. The molecule has 6 nitrogen and oxygen atoms in total. The highest BCUT2D eigenvalue weighted by Crippen LogP contribution is 2.32. The summed E-state index contributed by atoms with van der Waals surface area (Å²) >= 11 is 0. The molecule has 0 heterocycles. The van der Waals surface area contributed by atoms with Gasteiger partial charge >= 0.3 is 5.97 Å². The first-order valence-electron chi connectivity index (χ1n) is 5.43. The van der Waals surface area contributed by atoms with Crippen LogP contribution in [0.1, 0.15) is 32.6 Å². The number of nitrogens with zero attached hydrogens (tertiary/aromatic N) is 1. The standard InChI is InChI=1S/C10H16N2O4S/c1-8-2-4-10(5-3-8,9(13)14)12-17(15,16)7-6-11/h8,12H,2-5,7H2,1H3,(H,13,14). The van der Waals surface area contributed by atoms with Crippen molar-refractivity contribution in [2.24, 2.45) is 5.92 Å². The largest absolute Gasteiger partial charge is 0.480 e. The van der Waals surface area contributed by atoms with Crippen molar-refractivity contribution < 1.29 is 18.3 Å². The van der Waals surface area contributed by atoms with Crippen LogP contribution in [0.4, 0.5) is 0 Å². The predicted octanol–water partition coefficient (Wildman–Crippen LogP) is 0.463. The molecule has 0 atom stereocenters. The summed E-state index contributed by atoms with van der Waals surface area (Å²) in [7, 11) is -3.84. The van der Waals surface area contributed by atoms with Gasteiger partial charge in [0.15, 0.2) is 5.75 Å². The van der Waals surface area contributed by atoms with Crippen LogP contribution in [0.15, 0.2) is 0 Å². The van der Waals surface area contributed by atoms with E-state index in [1.165, 1.54) is 6.07 Å². The van der Waals surface area contributed by atoms with Gasteiger partial charge in [0, 0.05) is 0 Å². The Morgan fingerprint density at radius 2 is 2.06 bits per heavy atom. The summed E-state index contributed by atoms with van der Waals surface area (Å²) in [6.07, 6.45) is 1.88. The molecule has 1 aliphatic carbocycles. The molecule has 0 saturated heterocycles. The van der Waals surface area contributed by atoms with Gasteiger partial charge in [0.05, 0.1) is 6.07 Å². The third kappa shape index (κ3) is 3.41. The summed E-state index contributed by atoms with van der Waals surface area (Å²) in [6.45, 7) is 2.01. The molecule has 17 heavy (non-hydrogen) atoms. The topological polar surface area (TPSA) is 107 Å². The average Bonchev–Trinajstić information content (AvgIpc) is 2.21. The fraction of sp³-hybridized carbons (Fsp3) is 0.800. The van der Waals surface area contributed by atoms with Crippen LogP contribution < -0.4 is 4.72 Å². The Morgan fingerprint density at radius 1 is 1.53 bits per heavy atom. The van der Waals surface area contributed by atoms with Gasteiger partial charge in [0.25, 0.3) is 0 Å². The van der Waals surface area contributed by atoms with E-state index in [0.717, 1.165) is 0 Å². The molecule has 96 valence electrons. The highest BCUT2D eigenvalue weighted by Gasteiger charge is 2.44. The minimum absolute atomic E-state index is 0.272. The number of nitrogens with one attached hydrogen (secondary N) is 1. The molecule has 0 amide bonds. The van der Waals surface area contributed by atoms with E-state index in [0.29, 0.717) is 18.8 Å². The fourth-order valence-electron chi connectivity index (χ4n) is 2.03. The third-order valence-electron chi connectivity index (χ3n) is 3.14. The molecule has 0 unspecified atom stereocenters. The summed E-state index contributed by atoms with van der Waals surface area (Å²) in [5.41, 5.74) is -1.43. The molecule has 2 N–H and O–H groups in total. The SMILES string of the molecule is CC1CCC(NS(=O)(=O)CC#N)(C(=O)O)CC1. The number of rotatable bonds is 4. The zero-order chi connectivity index (χ0) is 13.1. The van der Waals surface area contributed by atoms with Crippen LogP contribution in [0.2, 0.25) is 0 Å². The Bertz CT molecular complexity index is 430. The number of nitriles is 1. The number of aliphatic carboxylic acids is 1. The van der Waals surface area contributed by atoms with Crippen molar-refractivity contribution in [3.05, 3.63) is 0 Å². The van der Waals surface area contributed by atoms with Crippen molar-refractivity contribution in [2.45, 2.75) is 38.1 Å². The van der Waals surface area contributed by atoms with E-state index in [9.17, 15) is 18.3 Å². The van der Waals surface area contributed by atoms with Crippen molar-refractivity contribution in [3.8, 4) is 6.07 Å². The second-order valence-electron chi connectivity index (χ2n) is 4.59. The van der Waals surface area contributed by atoms with Crippen LogP contribution in [0.25, 0.3) is 0 Å². The van der Waals surface area contributed by atoms with Crippen LogP contribution in [-0.4, -0.2) is 30.8 Å². The van der Waals surface area contributed by atoms with Crippen LogP contribution in [0.3, 0.4) is 0 Å². The second-order valence-corrected chi connectivity index (χ2v) is 6.31. The highest BCUT2D eigenvalue weighted by molar-refractivity contribution is 7.89. The van der Waals surface area contributed by atoms with Crippen molar-refractivity contribution >= 4 is 16.0 Å². The van der Waals surface area contributed by atoms with Crippen LogP contribution in [0, 0.1) is 17.2 Å². The van der Waals surface area contributed by atoms with Gasteiger partial charge in [-0.15, -0.1) is 0 Å². The molecular weight excluding hydrogens is 244 g/mol. The minimum atomic E-state index is -3.84. The first kappa shape index (κ1) is 13.9. The third-order valence-corrected chi connectivity index (χ3v) is 4.35. The smallest absolute Gasteiger partial charge is 0.324 e. The lowest BCUT2D eigenvalue weighted by atomic mass is 9.78. The number of hydrogen-bond donors (Lipinski definition) is 2. The Kier molecular flexibility index (Phi) is 4.11. The summed E-state index contributed by atoms with van der Waals surface area (Å²) in [5.74, 6) is -1.47. The molecule has 0 spiro atoms. The first-order chi connectivity index (χ1) is 7.81. The molecule has 0 bridgehead atoms. The van der Waals surface area contributed by atoms with Gasteiger partial charge in [-0.1, -0.05) is 6.92 Å². The number of carboxylic acids is 1. The number of carbonyl (C=O) groups is 1. The van der Waals surface area contributed by atoms with E-state index < -0.39 is 27.3 Å². The van der Waals surface area contributed by atoms with E-state index >= 15 is 0 Å². The van der Waals surface area contributed by atoms with E-state index in [4.69, 9.17) is 5.26 Å². The Labute approximate surface area is 101 Å². The summed E-state index contributed by atoms with van der Waals surface area (Å²) < 4.78 is 25.2. The molecule has 1 rings (SSSR count). The van der Waals surface area contributed by atoms with Gasteiger partial charge < -0.3 is 5.11 Å². The fourth-order valence-corrected chi connectivity index (χ4v) is 3.16.